The molecule has 20 heavy (non-hydrogen) atoms. The normalized spacial score (nSPS) is 10.2. The van der Waals surface area contributed by atoms with Crippen molar-refractivity contribution in [3.8, 4) is 17.4 Å². The molecule has 0 saturated carbocycles. The molecule has 0 spiro atoms. The molecule has 0 atom stereocenters. The highest BCUT2D eigenvalue weighted by Crippen LogP contribution is 2.23. The second-order valence-electron chi connectivity index (χ2n) is 4.12. The van der Waals surface area contributed by atoms with Gasteiger partial charge in [0.05, 0.1) is 7.11 Å². The van der Waals surface area contributed by atoms with E-state index in [4.69, 9.17) is 4.74 Å². The van der Waals surface area contributed by atoms with Gasteiger partial charge in [-0.1, -0.05) is 0 Å². The largest absolute Gasteiger partial charge is 0.479 e. The van der Waals surface area contributed by atoms with Crippen molar-refractivity contribution in [1.29, 1.82) is 0 Å². The quantitative estimate of drug-likeness (QED) is 0.858. The van der Waals surface area contributed by atoms with E-state index in [0.29, 0.717) is 35.8 Å². The molecule has 0 fully saturated rings. The zero-order valence-corrected chi connectivity index (χ0v) is 12.0. The van der Waals surface area contributed by atoms with Crippen LogP contribution >= 0.6 is 0 Å². The van der Waals surface area contributed by atoms with Gasteiger partial charge in [0.1, 0.15) is 0 Å². The first-order chi connectivity index (χ1) is 9.65. The van der Waals surface area contributed by atoms with Gasteiger partial charge in [-0.25, -0.2) is 9.97 Å². The second kappa shape index (κ2) is 6.09. The lowest BCUT2D eigenvalue weighted by Gasteiger charge is -2.13. The highest BCUT2D eigenvalue weighted by Gasteiger charge is 2.15. The van der Waals surface area contributed by atoms with Crippen LogP contribution < -0.4 is 15.0 Å². The van der Waals surface area contributed by atoms with Crippen molar-refractivity contribution in [3.05, 3.63) is 12.4 Å². The van der Waals surface area contributed by atoms with Gasteiger partial charge in [0.25, 0.3) is 0 Å². The molecule has 2 aromatic rings. The molecule has 0 aliphatic heterocycles. The third kappa shape index (κ3) is 2.90. The molecule has 2 aromatic heterocycles. The van der Waals surface area contributed by atoms with Gasteiger partial charge in [-0.05, 0) is 6.92 Å². The molecule has 0 aromatic carbocycles. The monoisotopic (exact) mass is 275 g/mol. The number of anilines is 2. The highest BCUT2D eigenvalue weighted by molar-refractivity contribution is 5.58. The summed E-state index contributed by atoms with van der Waals surface area (Å²) in [5.41, 5.74) is 0.486. The van der Waals surface area contributed by atoms with Gasteiger partial charge in [0.15, 0.2) is 11.5 Å². The van der Waals surface area contributed by atoms with Crippen LogP contribution in [0.3, 0.4) is 0 Å². The molecule has 2 rings (SSSR count). The van der Waals surface area contributed by atoms with Crippen LogP contribution in [0.5, 0.6) is 5.88 Å². The molecule has 0 aliphatic rings. The summed E-state index contributed by atoms with van der Waals surface area (Å²) in [5, 5.41) is 3.07. The third-order valence-corrected chi connectivity index (χ3v) is 2.43. The van der Waals surface area contributed by atoms with Gasteiger partial charge in [-0.2, -0.15) is 15.0 Å². The Labute approximate surface area is 117 Å². The summed E-state index contributed by atoms with van der Waals surface area (Å²) in [6, 6.07) is 0. The maximum Gasteiger partial charge on any atom is 0.243 e. The summed E-state index contributed by atoms with van der Waals surface area (Å²) in [4.78, 5) is 23.2. The maximum absolute atomic E-state index is 5.19. The lowest BCUT2D eigenvalue weighted by Crippen LogP contribution is -2.16. The first-order valence-corrected chi connectivity index (χ1v) is 6.18. The average Bonchev–Trinajstić information content (AvgIpc) is 2.47. The molecular formula is C12H17N7O. The van der Waals surface area contributed by atoms with Crippen molar-refractivity contribution in [1.82, 2.24) is 24.9 Å². The Balaban J connectivity index is 2.54. The SMILES string of the molecule is CCNc1nc(-c2nccnc2OC)nc(N(C)C)n1. The molecule has 0 amide bonds. The first kappa shape index (κ1) is 13.9. The van der Waals surface area contributed by atoms with E-state index < -0.39 is 0 Å². The number of nitrogens with zero attached hydrogens (tertiary/aromatic N) is 6. The fourth-order valence-electron chi connectivity index (χ4n) is 1.54. The van der Waals surface area contributed by atoms with Crippen LogP contribution in [0.4, 0.5) is 11.9 Å². The van der Waals surface area contributed by atoms with E-state index in [1.165, 1.54) is 7.11 Å². The number of hydrogen-bond acceptors (Lipinski definition) is 8. The smallest absolute Gasteiger partial charge is 0.243 e. The van der Waals surface area contributed by atoms with E-state index in [0.717, 1.165) is 0 Å². The molecule has 2 heterocycles. The predicted octanol–water partition coefficient (Wildman–Crippen LogP) is 0.835. The Kier molecular flexibility index (Phi) is 4.24. The molecule has 1 N–H and O–H groups in total. The summed E-state index contributed by atoms with van der Waals surface area (Å²) < 4.78 is 5.19. The van der Waals surface area contributed by atoms with Crippen molar-refractivity contribution < 1.29 is 4.74 Å². The molecule has 0 aliphatic carbocycles. The van der Waals surface area contributed by atoms with Crippen LogP contribution in [0.15, 0.2) is 12.4 Å². The zero-order chi connectivity index (χ0) is 14.5. The second-order valence-corrected chi connectivity index (χ2v) is 4.12. The fraction of sp³-hybridized carbons (Fsp3) is 0.417. The first-order valence-electron chi connectivity index (χ1n) is 6.18. The number of rotatable bonds is 5. The van der Waals surface area contributed by atoms with Gasteiger partial charge in [0, 0.05) is 33.0 Å². The molecule has 0 unspecified atom stereocenters. The van der Waals surface area contributed by atoms with E-state index in [2.05, 4.69) is 30.2 Å². The minimum Gasteiger partial charge on any atom is -0.479 e. The minimum absolute atomic E-state index is 0.380. The Hall–Kier alpha value is -2.51. The van der Waals surface area contributed by atoms with Crippen LogP contribution in [0.25, 0.3) is 11.5 Å². The topological polar surface area (TPSA) is 89.0 Å². The number of hydrogen-bond donors (Lipinski definition) is 1. The molecule has 8 heteroatoms. The molecule has 8 nitrogen and oxygen atoms in total. The summed E-state index contributed by atoms with van der Waals surface area (Å²) in [6.07, 6.45) is 3.13. The summed E-state index contributed by atoms with van der Waals surface area (Å²) >= 11 is 0. The number of methoxy groups -OCH3 is 1. The Morgan fingerprint density at radius 3 is 2.55 bits per heavy atom. The molecule has 0 bridgehead atoms. The van der Waals surface area contributed by atoms with Gasteiger partial charge in [-0.15, -0.1) is 0 Å². The lowest BCUT2D eigenvalue weighted by molar-refractivity contribution is 0.397. The van der Waals surface area contributed by atoms with Gasteiger partial charge < -0.3 is 15.0 Å². The Morgan fingerprint density at radius 2 is 1.90 bits per heavy atom. The van der Waals surface area contributed by atoms with Crippen molar-refractivity contribution >= 4 is 11.9 Å². The van der Waals surface area contributed by atoms with E-state index in [9.17, 15) is 0 Å². The summed E-state index contributed by atoms with van der Waals surface area (Å²) in [7, 11) is 5.26. The van der Waals surface area contributed by atoms with Crippen LogP contribution in [0, 0.1) is 0 Å². The summed E-state index contributed by atoms with van der Waals surface area (Å²) in [6.45, 7) is 2.69. The van der Waals surface area contributed by atoms with Crippen LogP contribution in [0.2, 0.25) is 0 Å². The van der Waals surface area contributed by atoms with E-state index in [-0.39, 0.29) is 0 Å². The van der Waals surface area contributed by atoms with Gasteiger partial charge >= 0.3 is 0 Å². The average molecular weight is 275 g/mol. The number of ether oxygens (including phenoxy) is 1. The molecular weight excluding hydrogens is 258 g/mol. The van der Waals surface area contributed by atoms with Crippen LogP contribution in [-0.4, -0.2) is 52.7 Å². The van der Waals surface area contributed by atoms with Gasteiger partial charge in [0.2, 0.25) is 17.8 Å². The molecule has 0 saturated heterocycles. The highest BCUT2D eigenvalue weighted by atomic mass is 16.5. The number of aromatic nitrogens is 5. The maximum atomic E-state index is 5.19. The van der Waals surface area contributed by atoms with E-state index >= 15 is 0 Å². The number of nitrogens with one attached hydrogen (secondary N) is 1. The van der Waals surface area contributed by atoms with Crippen molar-refractivity contribution in [3.63, 3.8) is 0 Å². The van der Waals surface area contributed by atoms with Crippen molar-refractivity contribution in [2.75, 3.05) is 38.0 Å². The van der Waals surface area contributed by atoms with Crippen LogP contribution in [-0.2, 0) is 0 Å². The fourth-order valence-corrected chi connectivity index (χ4v) is 1.54. The van der Waals surface area contributed by atoms with Gasteiger partial charge in [-0.3, -0.25) is 0 Å². The standard InChI is InChI=1S/C12H17N7O/c1-5-13-11-16-9(17-12(18-11)19(2)3)8-10(20-4)15-7-6-14-8/h6-7H,5H2,1-4H3,(H,13,16,17,18). The van der Waals surface area contributed by atoms with E-state index in [1.807, 2.05) is 21.0 Å². The Bertz CT molecular complexity index is 588. The molecule has 0 radical (unpaired) electrons. The Morgan fingerprint density at radius 1 is 1.15 bits per heavy atom. The minimum atomic E-state index is 0.380. The van der Waals surface area contributed by atoms with E-state index in [1.54, 1.807) is 17.3 Å². The lowest BCUT2D eigenvalue weighted by atomic mass is 10.4. The zero-order valence-electron chi connectivity index (χ0n) is 12.0. The molecule has 106 valence electrons. The predicted molar refractivity (Wildman–Crippen MR) is 75.9 cm³/mol. The third-order valence-electron chi connectivity index (χ3n) is 2.43. The summed E-state index contributed by atoms with van der Waals surface area (Å²) in [5.74, 6) is 1.84. The van der Waals surface area contributed by atoms with Crippen molar-refractivity contribution in [2.24, 2.45) is 0 Å². The van der Waals surface area contributed by atoms with Crippen LogP contribution in [0.1, 0.15) is 6.92 Å². The van der Waals surface area contributed by atoms with Crippen molar-refractivity contribution in [2.45, 2.75) is 6.92 Å².